The smallest absolute Gasteiger partial charge is 0.234 e. The van der Waals surface area contributed by atoms with Crippen LogP contribution < -0.4 is 5.32 Å². The Morgan fingerprint density at radius 2 is 1.91 bits per heavy atom. The average molecular weight is 323 g/mol. The van der Waals surface area contributed by atoms with E-state index in [-0.39, 0.29) is 5.91 Å². The zero-order chi connectivity index (χ0) is 16.2. The van der Waals surface area contributed by atoms with Gasteiger partial charge in [-0.25, -0.2) is 9.97 Å². The topological polar surface area (TPSA) is 54.9 Å². The third kappa shape index (κ3) is 3.68. The fourth-order valence-corrected chi connectivity index (χ4v) is 3.04. The first-order valence-electron chi connectivity index (χ1n) is 7.33. The summed E-state index contributed by atoms with van der Waals surface area (Å²) in [7, 11) is 0. The third-order valence-electron chi connectivity index (χ3n) is 3.64. The lowest BCUT2D eigenvalue weighted by Gasteiger charge is -2.08. The normalized spacial score (nSPS) is 10.7. The van der Waals surface area contributed by atoms with Crippen molar-refractivity contribution in [2.45, 2.75) is 18.9 Å². The van der Waals surface area contributed by atoms with Crippen LogP contribution in [0.5, 0.6) is 0 Å². The van der Waals surface area contributed by atoms with Gasteiger partial charge in [0.2, 0.25) is 5.91 Å². The van der Waals surface area contributed by atoms with E-state index < -0.39 is 0 Å². The minimum absolute atomic E-state index is 0.0408. The number of aromatic nitrogens is 2. The van der Waals surface area contributed by atoms with Gasteiger partial charge in [-0.15, -0.1) is 0 Å². The van der Waals surface area contributed by atoms with Gasteiger partial charge in [0, 0.05) is 11.1 Å². The highest BCUT2D eigenvalue weighted by molar-refractivity contribution is 8.00. The van der Waals surface area contributed by atoms with Gasteiger partial charge in [-0.1, -0.05) is 36.0 Å². The molecule has 0 bridgehead atoms. The van der Waals surface area contributed by atoms with Gasteiger partial charge in [0.05, 0.1) is 11.3 Å². The fourth-order valence-electron chi connectivity index (χ4n) is 2.25. The molecule has 1 amide bonds. The highest BCUT2D eigenvalue weighted by Crippen LogP contribution is 2.24. The molecule has 0 radical (unpaired) electrons. The second kappa shape index (κ2) is 6.79. The number of carbonyl (C=O) groups excluding carboxylic acids is 1. The van der Waals surface area contributed by atoms with E-state index in [0.29, 0.717) is 5.75 Å². The standard InChI is InChI=1S/C18H17N3OS/c1-12-7-8-14(9-13(12)2)21-17(22)10-23-18-15-5-3-4-6-16(15)19-11-20-18/h3-9,11H,10H2,1-2H3,(H,21,22). The summed E-state index contributed by atoms with van der Waals surface area (Å²) < 4.78 is 0. The van der Waals surface area contributed by atoms with Gasteiger partial charge in [-0.05, 0) is 43.2 Å². The lowest BCUT2D eigenvalue weighted by atomic mass is 10.1. The Bertz CT molecular complexity index is 859. The molecule has 0 aliphatic carbocycles. The van der Waals surface area contributed by atoms with Gasteiger partial charge < -0.3 is 5.32 Å². The molecular formula is C18H17N3OS. The van der Waals surface area contributed by atoms with Crippen molar-refractivity contribution in [1.29, 1.82) is 0 Å². The van der Waals surface area contributed by atoms with Crippen LogP contribution in [0.2, 0.25) is 0 Å². The van der Waals surface area contributed by atoms with E-state index in [9.17, 15) is 4.79 Å². The molecule has 0 aliphatic rings. The van der Waals surface area contributed by atoms with Crippen LogP contribution in [0.1, 0.15) is 11.1 Å². The van der Waals surface area contributed by atoms with Crippen LogP contribution >= 0.6 is 11.8 Å². The number of nitrogens with zero attached hydrogens (tertiary/aromatic N) is 2. The van der Waals surface area contributed by atoms with Crippen molar-refractivity contribution in [3.05, 3.63) is 59.9 Å². The Hall–Kier alpha value is -2.40. The number of anilines is 1. The molecule has 0 atom stereocenters. The average Bonchev–Trinajstić information content (AvgIpc) is 2.56. The minimum Gasteiger partial charge on any atom is -0.325 e. The molecule has 0 aliphatic heterocycles. The van der Waals surface area contributed by atoms with Crippen LogP contribution in [-0.4, -0.2) is 21.6 Å². The number of nitrogens with one attached hydrogen (secondary N) is 1. The van der Waals surface area contributed by atoms with E-state index in [0.717, 1.165) is 27.2 Å². The Balaban J connectivity index is 1.67. The quantitative estimate of drug-likeness (QED) is 0.583. The fraction of sp³-hybridized carbons (Fsp3) is 0.167. The van der Waals surface area contributed by atoms with E-state index in [1.807, 2.05) is 49.4 Å². The predicted octanol–water partition coefficient (Wildman–Crippen LogP) is 3.98. The van der Waals surface area contributed by atoms with Crippen molar-refractivity contribution in [1.82, 2.24) is 9.97 Å². The van der Waals surface area contributed by atoms with Crippen LogP contribution in [0.15, 0.2) is 53.8 Å². The molecule has 1 heterocycles. The Kier molecular flexibility index (Phi) is 4.57. The van der Waals surface area contributed by atoms with E-state index in [4.69, 9.17) is 0 Å². The second-order valence-corrected chi connectivity index (χ2v) is 6.30. The van der Waals surface area contributed by atoms with Crippen molar-refractivity contribution >= 4 is 34.3 Å². The van der Waals surface area contributed by atoms with Crippen LogP contribution in [0.25, 0.3) is 10.9 Å². The summed E-state index contributed by atoms with van der Waals surface area (Å²) in [5.74, 6) is 0.273. The molecular weight excluding hydrogens is 306 g/mol. The van der Waals surface area contributed by atoms with Crippen LogP contribution in [0.4, 0.5) is 5.69 Å². The Morgan fingerprint density at radius 1 is 1.09 bits per heavy atom. The lowest BCUT2D eigenvalue weighted by molar-refractivity contribution is -0.113. The summed E-state index contributed by atoms with van der Waals surface area (Å²) >= 11 is 1.42. The van der Waals surface area contributed by atoms with Gasteiger partial charge in [0.1, 0.15) is 11.4 Å². The molecule has 5 heteroatoms. The van der Waals surface area contributed by atoms with Crippen molar-refractivity contribution in [2.24, 2.45) is 0 Å². The number of thioether (sulfide) groups is 1. The van der Waals surface area contributed by atoms with Crippen LogP contribution in [0.3, 0.4) is 0 Å². The number of carbonyl (C=O) groups is 1. The summed E-state index contributed by atoms with van der Waals surface area (Å²) in [6.07, 6.45) is 1.53. The molecule has 0 spiro atoms. The van der Waals surface area contributed by atoms with Crippen molar-refractivity contribution in [3.8, 4) is 0 Å². The van der Waals surface area contributed by atoms with E-state index in [1.54, 1.807) is 0 Å². The maximum Gasteiger partial charge on any atom is 0.234 e. The number of para-hydroxylation sites is 1. The molecule has 0 saturated heterocycles. The molecule has 3 rings (SSSR count). The van der Waals surface area contributed by atoms with Crippen LogP contribution in [-0.2, 0) is 4.79 Å². The predicted molar refractivity (Wildman–Crippen MR) is 94.8 cm³/mol. The number of rotatable bonds is 4. The highest BCUT2D eigenvalue weighted by atomic mass is 32.2. The van der Waals surface area contributed by atoms with Gasteiger partial charge in [0.25, 0.3) is 0 Å². The Morgan fingerprint density at radius 3 is 2.74 bits per heavy atom. The maximum absolute atomic E-state index is 12.1. The molecule has 0 saturated carbocycles. The van der Waals surface area contributed by atoms with Crippen molar-refractivity contribution < 1.29 is 4.79 Å². The second-order valence-electron chi connectivity index (χ2n) is 5.33. The first kappa shape index (κ1) is 15.5. The molecule has 2 aromatic carbocycles. The molecule has 1 aromatic heterocycles. The molecule has 3 aromatic rings. The minimum atomic E-state index is -0.0408. The summed E-state index contributed by atoms with van der Waals surface area (Å²) in [4.78, 5) is 20.7. The summed E-state index contributed by atoms with van der Waals surface area (Å²) in [6.45, 7) is 4.09. The van der Waals surface area contributed by atoms with Gasteiger partial charge in [0.15, 0.2) is 0 Å². The molecule has 0 unspecified atom stereocenters. The number of hydrogen-bond acceptors (Lipinski definition) is 4. The Labute approximate surface area is 139 Å². The van der Waals surface area contributed by atoms with E-state index >= 15 is 0 Å². The number of amides is 1. The van der Waals surface area contributed by atoms with E-state index in [2.05, 4.69) is 22.2 Å². The third-order valence-corrected chi connectivity index (χ3v) is 4.64. The molecule has 116 valence electrons. The molecule has 4 nitrogen and oxygen atoms in total. The summed E-state index contributed by atoms with van der Waals surface area (Å²) in [5.41, 5.74) is 4.09. The highest BCUT2D eigenvalue weighted by Gasteiger charge is 2.08. The van der Waals surface area contributed by atoms with Gasteiger partial charge in [-0.2, -0.15) is 0 Å². The number of aryl methyl sites for hydroxylation is 2. The first-order chi connectivity index (χ1) is 11.1. The first-order valence-corrected chi connectivity index (χ1v) is 8.32. The molecule has 0 fully saturated rings. The zero-order valence-electron chi connectivity index (χ0n) is 13.0. The summed E-state index contributed by atoms with van der Waals surface area (Å²) in [5, 5.41) is 4.72. The van der Waals surface area contributed by atoms with Gasteiger partial charge in [-0.3, -0.25) is 4.79 Å². The van der Waals surface area contributed by atoms with Crippen molar-refractivity contribution in [3.63, 3.8) is 0 Å². The molecule has 1 N–H and O–H groups in total. The van der Waals surface area contributed by atoms with Crippen LogP contribution in [0, 0.1) is 13.8 Å². The monoisotopic (exact) mass is 323 g/mol. The SMILES string of the molecule is Cc1ccc(NC(=O)CSc2ncnc3ccccc23)cc1C. The number of fused-ring (bicyclic) bond motifs is 1. The number of benzene rings is 2. The zero-order valence-corrected chi connectivity index (χ0v) is 13.9. The largest absolute Gasteiger partial charge is 0.325 e. The summed E-state index contributed by atoms with van der Waals surface area (Å²) in [6, 6.07) is 13.7. The lowest BCUT2D eigenvalue weighted by Crippen LogP contribution is -2.14. The van der Waals surface area contributed by atoms with E-state index in [1.165, 1.54) is 23.7 Å². The van der Waals surface area contributed by atoms with Gasteiger partial charge >= 0.3 is 0 Å². The molecule has 23 heavy (non-hydrogen) atoms. The van der Waals surface area contributed by atoms with Crippen molar-refractivity contribution in [2.75, 3.05) is 11.1 Å². The number of hydrogen-bond donors (Lipinski definition) is 1. The maximum atomic E-state index is 12.1.